The zero-order chi connectivity index (χ0) is 27.0. The first-order valence-corrected chi connectivity index (χ1v) is 11.9. The molecule has 0 aliphatic carbocycles. The number of anilines is 1. The van der Waals surface area contributed by atoms with E-state index in [1.54, 1.807) is 31.3 Å². The number of benzene rings is 2. The maximum atomic E-state index is 13.4. The van der Waals surface area contributed by atoms with Gasteiger partial charge in [-0.25, -0.2) is 4.98 Å². The summed E-state index contributed by atoms with van der Waals surface area (Å²) in [4.78, 5) is 58.3. The number of para-hydroxylation sites is 1. The summed E-state index contributed by atoms with van der Waals surface area (Å²) in [6.07, 6.45) is 1.22. The number of nitrogens with one attached hydrogen (secondary N) is 1. The lowest BCUT2D eigenvalue weighted by atomic mass is 10.0. The molecule has 0 atom stereocenters. The van der Waals surface area contributed by atoms with Gasteiger partial charge < -0.3 is 24.6 Å². The third-order valence-corrected chi connectivity index (χ3v) is 6.52. The second-order valence-corrected chi connectivity index (χ2v) is 8.83. The average molecular weight is 516 g/mol. The van der Waals surface area contributed by atoms with Crippen LogP contribution < -0.4 is 20.5 Å². The van der Waals surface area contributed by atoms with Crippen LogP contribution in [0.2, 0.25) is 0 Å². The Hall–Kier alpha value is -4.77. The number of aromatic nitrogens is 2. The van der Waals surface area contributed by atoms with E-state index in [4.69, 9.17) is 9.47 Å². The molecule has 1 saturated heterocycles. The number of carbonyl (C=O) groups is 3. The molecule has 0 radical (unpaired) electrons. The number of carbonyl (C=O) groups excluding carboxylic acids is 3. The van der Waals surface area contributed by atoms with Crippen molar-refractivity contribution in [2.45, 2.75) is 0 Å². The summed E-state index contributed by atoms with van der Waals surface area (Å²) in [5.41, 5.74) is 1.59. The molecule has 1 N–H and O–H groups in total. The zero-order valence-corrected chi connectivity index (χ0v) is 20.7. The van der Waals surface area contributed by atoms with E-state index in [9.17, 15) is 19.2 Å². The number of nitrogens with zero attached hydrogens (tertiary/aromatic N) is 4. The molecule has 5 rings (SSSR count). The van der Waals surface area contributed by atoms with Crippen molar-refractivity contribution >= 4 is 40.0 Å². The summed E-state index contributed by atoms with van der Waals surface area (Å²) in [6, 6.07) is 10.5. The lowest BCUT2D eigenvalue weighted by Crippen LogP contribution is -2.44. The molecule has 0 saturated carbocycles. The minimum Gasteiger partial charge on any atom is -0.482 e. The van der Waals surface area contributed by atoms with Crippen molar-refractivity contribution in [3.8, 4) is 16.9 Å². The summed E-state index contributed by atoms with van der Waals surface area (Å²) in [7, 11) is 1.67. The molecular formula is C27H25N5O6. The summed E-state index contributed by atoms with van der Waals surface area (Å²) in [5, 5.41) is 2.69. The van der Waals surface area contributed by atoms with Crippen LogP contribution in [-0.2, 0) is 19.1 Å². The minimum absolute atomic E-state index is 0.0234. The van der Waals surface area contributed by atoms with E-state index in [-0.39, 0.29) is 29.3 Å². The number of morpholine rings is 1. The Morgan fingerprint density at radius 3 is 2.61 bits per heavy atom. The van der Waals surface area contributed by atoms with Crippen molar-refractivity contribution in [3.63, 3.8) is 0 Å². The van der Waals surface area contributed by atoms with E-state index >= 15 is 0 Å². The molecule has 0 spiro atoms. The van der Waals surface area contributed by atoms with Gasteiger partial charge in [0.1, 0.15) is 17.8 Å². The maximum absolute atomic E-state index is 13.4. The van der Waals surface area contributed by atoms with Crippen molar-refractivity contribution in [2.24, 2.45) is 0 Å². The van der Waals surface area contributed by atoms with Crippen LogP contribution in [0.5, 0.6) is 5.75 Å². The molecule has 0 unspecified atom stereocenters. The quantitative estimate of drug-likeness (QED) is 0.509. The highest BCUT2D eigenvalue weighted by molar-refractivity contribution is 6.15. The van der Waals surface area contributed by atoms with Gasteiger partial charge >= 0.3 is 0 Å². The molecule has 2 aliphatic heterocycles. The van der Waals surface area contributed by atoms with Crippen LogP contribution in [-0.4, -0.2) is 72.1 Å². The van der Waals surface area contributed by atoms with Crippen molar-refractivity contribution in [2.75, 3.05) is 44.9 Å². The smallest absolute Gasteiger partial charge is 0.272 e. The van der Waals surface area contributed by atoms with E-state index in [0.29, 0.717) is 48.8 Å². The van der Waals surface area contributed by atoms with Crippen molar-refractivity contribution < 1.29 is 23.9 Å². The second-order valence-electron chi connectivity index (χ2n) is 8.83. The molecule has 3 aromatic rings. The number of rotatable bonds is 5. The first-order chi connectivity index (χ1) is 18.3. The van der Waals surface area contributed by atoms with Gasteiger partial charge in [-0.05, 0) is 23.8 Å². The summed E-state index contributed by atoms with van der Waals surface area (Å²) in [6.45, 7) is 8.99. The van der Waals surface area contributed by atoms with Gasteiger partial charge in [-0.2, -0.15) is 0 Å². The number of amides is 3. The Kier molecular flexibility index (Phi) is 6.52. The van der Waals surface area contributed by atoms with Gasteiger partial charge in [0.05, 0.1) is 35.5 Å². The number of fused-ring (bicyclic) bond motifs is 2. The van der Waals surface area contributed by atoms with Gasteiger partial charge in [-0.1, -0.05) is 31.4 Å². The molecule has 1 aromatic heterocycles. The molecule has 194 valence electrons. The molecule has 1 fully saturated rings. The summed E-state index contributed by atoms with van der Waals surface area (Å²) >= 11 is 0. The Balaban J connectivity index is 1.42. The monoisotopic (exact) mass is 515 g/mol. The molecule has 2 aromatic carbocycles. The normalized spacial score (nSPS) is 15.0. The zero-order valence-electron chi connectivity index (χ0n) is 20.7. The van der Waals surface area contributed by atoms with Crippen molar-refractivity contribution in [3.05, 3.63) is 71.9 Å². The van der Waals surface area contributed by atoms with E-state index in [1.807, 2.05) is 12.1 Å². The summed E-state index contributed by atoms with van der Waals surface area (Å²) in [5.74, 6) is -0.758. The van der Waals surface area contributed by atoms with Gasteiger partial charge in [-0.15, -0.1) is 0 Å². The second kappa shape index (κ2) is 9.94. The predicted molar refractivity (Wildman–Crippen MR) is 140 cm³/mol. The fourth-order valence-electron chi connectivity index (χ4n) is 4.35. The van der Waals surface area contributed by atoms with E-state index in [2.05, 4.69) is 23.5 Å². The van der Waals surface area contributed by atoms with Gasteiger partial charge in [0.15, 0.2) is 6.61 Å². The largest absolute Gasteiger partial charge is 0.482 e. The van der Waals surface area contributed by atoms with E-state index in [0.717, 1.165) is 10.1 Å². The third kappa shape index (κ3) is 4.43. The number of ether oxygens (including phenoxy) is 2. The standard InChI is InChI=1S/C27H25N5O6/c1-16(26(35)31-9-11-37-12-10-31)29-25(34)17(2)32-15-28-24-19(5-4-6-20(24)27(32)36)18-7-8-22-21(13-18)30(3)23(33)14-38-22/h4-8,13,15H,1-2,9-12,14H2,3H3,(H,29,34). The fraction of sp³-hybridized carbons (Fsp3) is 0.222. The topological polar surface area (TPSA) is 123 Å². The Labute approximate surface area is 217 Å². The molecular weight excluding hydrogens is 490 g/mol. The molecule has 3 heterocycles. The lowest BCUT2D eigenvalue weighted by Gasteiger charge is -2.27. The van der Waals surface area contributed by atoms with Crippen LogP contribution in [0.3, 0.4) is 0 Å². The van der Waals surface area contributed by atoms with Crippen LogP contribution in [0.25, 0.3) is 27.7 Å². The SMILES string of the molecule is C=C(NC(=O)C(=C)n1cnc2c(-c3ccc4c(c3)N(C)C(=O)CO4)cccc2c1=O)C(=O)N1CCOCC1. The van der Waals surface area contributed by atoms with Crippen LogP contribution >= 0.6 is 0 Å². The maximum Gasteiger partial charge on any atom is 0.272 e. The van der Waals surface area contributed by atoms with Gasteiger partial charge in [0.25, 0.3) is 23.3 Å². The first kappa shape index (κ1) is 24.9. The highest BCUT2D eigenvalue weighted by Gasteiger charge is 2.24. The van der Waals surface area contributed by atoms with E-state index < -0.39 is 17.4 Å². The number of hydrogen-bond acceptors (Lipinski definition) is 7. The Morgan fingerprint density at radius 2 is 1.84 bits per heavy atom. The predicted octanol–water partition coefficient (Wildman–Crippen LogP) is 1.38. The van der Waals surface area contributed by atoms with Crippen molar-refractivity contribution in [1.29, 1.82) is 0 Å². The number of hydrogen-bond donors (Lipinski definition) is 1. The molecule has 38 heavy (non-hydrogen) atoms. The number of likely N-dealkylation sites (N-methyl/N-ethyl adjacent to an activating group) is 1. The molecule has 3 amide bonds. The van der Waals surface area contributed by atoms with Crippen LogP contribution in [0.15, 0.2) is 66.4 Å². The lowest BCUT2D eigenvalue weighted by molar-refractivity contribution is -0.132. The van der Waals surface area contributed by atoms with Crippen LogP contribution in [0.1, 0.15) is 0 Å². The molecule has 11 heteroatoms. The van der Waals surface area contributed by atoms with Gasteiger partial charge in [-0.3, -0.25) is 23.7 Å². The van der Waals surface area contributed by atoms with Gasteiger partial charge in [0, 0.05) is 25.7 Å². The molecule has 2 aliphatic rings. The average Bonchev–Trinajstić information content (AvgIpc) is 2.94. The highest BCUT2D eigenvalue weighted by Crippen LogP contribution is 2.36. The Morgan fingerprint density at radius 1 is 1.08 bits per heavy atom. The van der Waals surface area contributed by atoms with Crippen molar-refractivity contribution in [1.82, 2.24) is 19.8 Å². The molecule has 11 nitrogen and oxygen atoms in total. The minimum atomic E-state index is -0.751. The van der Waals surface area contributed by atoms with Crippen LogP contribution in [0, 0.1) is 0 Å². The summed E-state index contributed by atoms with van der Waals surface area (Å²) < 4.78 is 11.8. The van der Waals surface area contributed by atoms with Gasteiger partial charge in [0.2, 0.25) is 0 Å². The first-order valence-electron chi connectivity index (χ1n) is 11.9. The van der Waals surface area contributed by atoms with Crippen LogP contribution in [0.4, 0.5) is 5.69 Å². The fourth-order valence-corrected chi connectivity index (χ4v) is 4.35. The third-order valence-electron chi connectivity index (χ3n) is 6.52. The molecule has 0 bridgehead atoms. The Bertz CT molecular complexity index is 1570. The highest BCUT2D eigenvalue weighted by atomic mass is 16.5. The van der Waals surface area contributed by atoms with E-state index in [1.165, 1.54) is 16.1 Å².